The Labute approximate surface area is 159 Å². The van der Waals surface area contributed by atoms with Crippen LogP contribution in [0.4, 0.5) is 11.6 Å². The molecule has 0 spiro atoms. The van der Waals surface area contributed by atoms with E-state index in [0.717, 1.165) is 11.3 Å². The summed E-state index contributed by atoms with van der Waals surface area (Å²) in [6, 6.07) is 14.4. The number of hydrogen-bond acceptors (Lipinski definition) is 7. The number of primary amides is 1. The smallest absolute Gasteiger partial charge is 0.248 e. The number of rotatable bonds is 6. The van der Waals surface area contributed by atoms with Gasteiger partial charge in [0.25, 0.3) is 0 Å². The van der Waals surface area contributed by atoms with Gasteiger partial charge >= 0.3 is 0 Å². The number of benzene rings is 2. The van der Waals surface area contributed by atoms with E-state index in [1.807, 2.05) is 24.3 Å². The molecular weight excluding hydrogens is 358 g/mol. The summed E-state index contributed by atoms with van der Waals surface area (Å²) >= 11 is 0. The van der Waals surface area contributed by atoms with Crippen molar-refractivity contribution in [3.05, 3.63) is 65.9 Å². The van der Waals surface area contributed by atoms with Crippen LogP contribution in [-0.2, 0) is 6.42 Å². The van der Waals surface area contributed by atoms with Gasteiger partial charge in [-0.25, -0.2) is 4.98 Å². The van der Waals surface area contributed by atoms with E-state index < -0.39 is 5.91 Å². The highest BCUT2D eigenvalue weighted by molar-refractivity contribution is 5.93. The number of anilines is 2. The van der Waals surface area contributed by atoms with Crippen LogP contribution in [0.5, 0.6) is 0 Å². The Hall–Kier alpha value is -3.85. The highest BCUT2D eigenvalue weighted by Gasteiger charge is 2.11. The number of nitrogens with two attached hydrogens (primary N) is 1. The Bertz CT molecular complexity index is 1140. The highest BCUT2D eigenvalue weighted by atomic mass is 16.3. The van der Waals surface area contributed by atoms with Crippen LogP contribution in [0.15, 0.2) is 54.7 Å². The highest BCUT2D eigenvalue weighted by Crippen LogP contribution is 2.19. The van der Waals surface area contributed by atoms with E-state index in [9.17, 15) is 4.79 Å². The van der Waals surface area contributed by atoms with Crippen molar-refractivity contribution in [2.75, 3.05) is 11.9 Å². The molecule has 0 aliphatic carbocycles. The SMILES string of the molecule is NC(=O)c1ccc(Nc2ncc3nnn(-c4cccc(CCO)c4)c3n2)cc1. The molecule has 0 unspecified atom stereocenters. The second-order valence-electron chi connectivity index (χ2n) is 6.11. The first-order chi connectivity index (χ1) is 13.6. The lowest BCUT2D eigenvalue weighted by Gasteiger charge is -2.07. The summed E-state index contributed by atoms with van der Waals surface area (Å²) in [4.78, 5) is 19.9. The van der Waals surface area contributed by atoms with E-state index in [2.05, 4.69) is 25.6 Å². The molecule has 4 aromatic rings. The summed E-state index contributed by atoms with van der Waals surface area (Å²) in [5, 5.41) is 20.5. The Morgan fingerprint density at radius 2 is 2.00 bits per heavy atom. The number of fused-ring (bicyclic) bond motifs is 1. The number of carbonyl (C=O) groups is 1. The molecule has 1 amide bonds. The fourth-order valence-corrected chi connectivity index (χ4v) is 2.78. The van der Waals surface area contributed by atoms with Crippen molar-refractivity contribution in [1.29, 1.82) is 0 Å². The van der Waals surface area contributed by atoms with Crippen LogP contribution in [0.25, 0.3) is 16.9 Å². The lowest BCUT2D eigenvalue weighted by Crippen LogP contribution is -2.10. The van der Waals surface area contributed by atoms with Crippen LogP contribution < -0.4 is 11.1 Å². The van der Waals surface area contributed by atoms with Crippen molar-refractivity contribution in [1.82, 2.24) is 25.0 Å². The van der Waals surface area contributed by atoms with Gasteiger partial charge in [-0.1, -0.05) is 17.3 Å². The molecule has 4 rings (SSSR count). The minimum absolute atomic E-state index is 0.0757. The molecule has 2 aromatic heterocycles. The number of aromatic nitrogens is 5. The average molecular weight is 375 g/mol. The first-order valence-corrected chi connectivity index (χ1v) is 8.59. The molecule has 9 heteroatoms. The Balaban J connectivity index is 1.66. The number of amides is 1. The molecule has 0 aliphatic rings. The number of nitrogens with zero attached hydrogens (tertiary/aromatic N) is 5. The molecule has 9 nitrogen and oxygen atoms in total. The minimum Gasteiger partial charge on any atom is -0.396 e. The number of hydrogen-bond donors (Lipinski definition) is 3. The van der Waals surface area contributed by atoms with Gasteiger partial charge < -0.3 is 16.2 Å². The zero-order valence-corrected chi connectivity index (χ0v) is 14.8. The zero-order chi connectivity index (χ0) is 19.5. The van der Waals surface area contributed by atoms with Crippen molar-refractivity contribution < 1.29 is 9.90 Å². The summed E-state index contributed by atoms with van der Waals surface area (Å²) in [6.45, 7) is 0.0757. The molecule has 0 aliphatic heterocycles. The van der Waals surface area contributed by atoms with Crippen molar-refractivity contribution in [3.8, 4) is 5.69 Å². The summed E-state index contributed by atoms with van der Waals surface area (Å²) in [5.41, 5.74) is 9.29. The molecule has 0 saturated heterocycles. The maximum absolute atomic E-state index is 11.2. The third kappa shape index (κ3) is 3.51. The summed E-state index contributed by atoms with van der Waals surface area (Å²) < 4.78 is 1.62. The minimum atomic E-state index is -0.484. The molecule has 0 radical (unpaired) electrons. The summed E-state index contributed by atoms with van der Waals surface area (Å²) in [6.07, 6.45) is 2.15. The normalized spacial score (nSPS) is 10.9. The summed E-state index contributed by atoms with van der Waals surface area (Å²) in [5.74, 6) is -0.114. The first kappa shape index (κ1) is 17.6. The van der Waals surface area contributed by atoms with E-state index in [1.54, 1.807) is 35.1 Å². The lowest BCUT2D eigenvalue weighted by atomic mass is 10.1. The van der Waals surface area contributed by atoms with Gasteiger partial charge in [-0.3, -0.25) is 4.79 Å². The van der Waals surface area contributed by atoms with Crippen LogP contribution in [0, 0.1) is 0 Å². The monoisotopic (exact) mass is 375 g/mol. The van der Waals surface area contributed by atoms with Crippen molar-refractivity contribution in [3.63, 3.8) is 0 Å². The number of nitrogens with one attached hydrogen (secondary N) is 1. The Morgan fingerprint density at radius 3 is 2.75 bits per heavy atom. The lowest BCUT2D eigenvalue weighted by molar-refractivity contribution is 0.100. The molecule has 0 saturated carbocycles. The molecule has 2 aromatic carbocycles. The van der Waals surface area contributed by atoms with Crippen LogP contribution >= 0.6 is 0 Å². The van der Waals surface area contributed by atoms with E-state index in [0.29, 0.717) is 34.8 Å². The molecule has 0 bridgehead atoms. The third-order valence-electron chi connectivity index (χ3n) is 4.17. The van der Waals surface area contributed by atoms with E-state index >= 15 is 0 Å². The van der Waals surface area contributed by atoms with Gasteiger partial charge in [0.1, 0.15) is 0 Å². The molecular formula is C19H17N7O2. The standard InChI is InChI=1S/C19H17N7O2/c20-17(28)13-4-6-14(7-5-13)22-19-21-11-16-18(23-19)26(25-24-16)15-3-1-2-12(10-15)8-9-27/h1-7,10-11,27H,8-9H2,(H2,20,28)(H,21,22,23). The molecule has 28 heavy (non-hydrogen) atoms. The first-order valence-electron chi connectivity index (χ1n) is 8.59. The zero-order valence-electron chi connectivity index (χ0n) is 14.8. The molecule has 0 fully saturated rings. The van der Waals surface area contributed by atoms with Crippen LogP contribution in [0.1, 0.15) is 15.9 Å². The van der Waals surface area contributed by atoms with Crippen LogP contribution in [-0.4, -0.2) is 42.6 Å². The van der Waals surface area contributed by atoms with Crippen LogP contribution in [0.3, 0.4) is 0 Å². The predicted molar refractivity (Wildman–Crippen MR) is 103 cm³/mol. The Morgan fingerprint density at radius 1 is 1.18 bits per heavy atom. The number of aliphatic hydroxyl groups is 1. The van der Waals surface area contributed by atoms with Crippen molar-refractivity contribution in [2.45, 2.75) is 6.42 Å². The third-order valence-corrected chi connectivity index (χ3v) is 4.17. The maximum Gasteiger partial charge on any atom is 0.248 e. The van der Waals surface area contributed by atoms with E-state index in [1.165, 1.54) is 0 Å². The van der Waals surface area contributed by atoms with Gasteiger partial charge in [0.2, 0.25) is 11.9 Å². The number of carbonyl (C=O) groups excluding carboxylic acids is 1. The fourth-order valence-electron chi connectivity index (χ4n) is 2.78. The van der Waals surface area contributed by atoms with Gasteiger partial charge in [0, 0.05) is 17.9 Å². The maximum atomic E-state index is 11.2. The van der Waals surface area contributed by atoms with Gasteiger partial charge in [-0.15, -0.1) is 5.10 Å². The quantitative estimate of drug-likeness (QED) is 0.466. The number of aliphatic hydroxyl groups excluding tert-OH is 1. The molecule has 4 N–H and O–H groups in total. The molecule has 140 valence electrons. The second kappa shape index (κ2) is 7.41. The van der Waals surface area contributed by atoms with Gasteiger partial charge in [-0.2, -0.15) is 9.67 Å². The van der Waals surface area contributed by atoms with E-state index in [4.69, 9.17) is 10.8 Å². The topological polar surface area (TPSA) is 132 Å². The van der Waals surface area contributed by atoms with Crippen molar-refractivity contribution in [2.24, 2.45) is 5.73 Å². The van der Waals surface area contributed by atoms with Crippen LogP contribution in [0.2, 0.25) is 0 Å². The molecule has 2 heterocycles. The van der Waals surface area contributed by atoms with Gasteiger partial charge in [0.05, 0.1) is 11.9 Å². The molecule has 0 atom stereocenters. The average Bonchev–Trinajstić information content (AvgIpc) is 3.12. The fraction of sp³-hybridized carbons (Fsp3) is 0.105. The van der Waals surface area contributed by atoms with Gasteiger partial charge in [0.15, 0.2) is 11.2 Å². The predicted octanol–water partition coefficient (Wildman–Crippen LogP) is 1.59. The summed E-state index contributed by atoms with van der Waals surface area (Å²) in [7, 11) is 0. The Kier molecular flexibility index (Phi) is 4.65. The largest absolute Gasteiger partial charge is 0.396 e. The van der Waals surface area contributed by atoms with E-state index in [-0.39, 0.29) is 6.61 Å². The van der Waals surface area contributed by atoms with Crippen molar-refractivity contribution >= 4 is 28.7 Å². The van der Waals surface area contributed by atoms with Gasteiger partial charge in [-0.05, 0) is 48.4 Å². The second-order valence-corrected chi connectivity index (χ2v) is 6.11.